The number of aliphatic carboxylic acids is 1. The number of carbonyl (C=O) groups is 3. The molecule has 0 saturated carbocycles. The normalized spacial score (nSPS) is 15.7. The van der Waals surface area contributed by atoms with Crippen molar-refractivity contribution in [3.63, 3.8) is 0 Å². The first-order valence-electron chi connectivity index (χ1n) is 12.0. The van der Waals surface area contributed by atoms with Crippen LogP contribution >= 0.6 is 11.6 Å². The maximum absolute atomic E-state index is 13.0. The molecule has 1 aliphatic heterocycles. The Bertz CT molecular complexity index is 1120. The van der Waals surface area contributed by atoms with Gasteiger partial charge in [0.25, 0.3) is 0 Å². The minimum atomic E-state index is -1.11. The third-order valence-corrected chi connectivity index (χ3v) is 6.33. The van der Waals surface area contributed by atoms with E-state index in [1.807, 2.05) is 0 Å². The van der Waals surface area contributed by atoms with Crippen molar-refractivity contribution >= 4 is 29.4 Å². The van der Waals surface area contributed by atoms with Crippen molar-refractivity contribution in [1.29, 1.82) is 0 Å². The summed E-state index contributed by atoms with van der Waals surface area (Å²) < 4.78 is 13.0. The molecule has 1 aliphatic rings. The van der Waals surface area contributed by atoms with E-state index in [1.54, 1.807) is 43.3 Å². The average Bonchev–Trinajstić information content (AvgIpc) is 2.83. The monoisotopic (exact) mass is 515 g/mol. The number of carboxylic acids is 1. The summed E-state index contributed by atoms with van der Waals surface area (Å²) in [5.41, 5.74) is 2.08. The smallest absolute Gasteiger partial charge is 0.335 e. The first-order chi connectivity index (χ1) is 17.3. The molecule has 0 fully saturated rings. The molecule has 0 spiro atoms. The topological polar surface area (TPSA) is 98.7 Å². The minimum absolute atomic E-state index is 0.0978. The van der Waals surface area contributed by atoms with Crippen LogP contribution in [-0.2, 0) is 16.0 Å². The average molecular weight is 516 g/mol. The van der Waals surface area contributed by atoms with Gasteiger partial charge in [-0.1, -0.05) is 35.9 Å². The quantitative estimate of drug-likeness (QED) is 0.331. The molecule has 0 aromatic heterocycles. The summed E-state index contributed by atoms with van der Waals surface area (Å²) >= 11 is 6.13. The Morgan fingerprint density at radius 2 is 1.89 bits per heavy atom. The number of halogens is 2. The maximum Gasteiger partial charge on any atom is 0.335 e. The van der Waals surface area contributed by atoms with E-state index in [0.29, 0.717) is 42.2 Å². The van der Waals surface area contributed by atoms with Crippen LogP contribution in [0.4, 0.5) is 9.18 Å². The van der Waals surface area contributed by atoms with Crippen LogP contribution in [0.25, 0.3) is 0 Å². The molecule has 0 bridgehead atoms. The second-order valence-electron chi connectivity index (χ2n) is 8.83. The maximum atomic E-state index is 13.0. The van der Waals surface area contributed by atoms with Crippen molar-refractivity contribution in [1.82, 2.24) is 15.5 Å². The number of aryl methyl sites for hydroxylation is 1. The van der Waals surface area contributed by atoms with Gasteiger partial charge in [0, 0.05) is 23.7 Å². The molecule has 3 rings (SSSR count). The second-order valence-corrected chi connectivity index (χ2v) is 9.26. The van der Waals surface area contributed by atoms with Crippen molar-refractivity contribution in [3.05, 3.63) is 81.8 Å². The zero-order chi connectivity index (χ0) is 26.1. The molecule has 192 valence electrons. The molecule has 1 unspecified atom stereocenters. The second kappa shape index (κ2) is 13.2. The van der Waals surface area contributed by atoms with Crippen LogP contribution in [0.3, 0.4) is 0 Å². The number of benzene rings is 2. The van der Waals surface area contributed by atoms with Crippen molar-refractivity contribution in [2.45, 2.75) is 45.1 Å². The van der Waals surface area contributed by atoms with Gasteiger partial charge in [0.05, 0.1) is 18.2 Å². The van der Waals surface area contributed by atoms with Gasteiger partial charge >= 0.3 is 12.0 Å². The molecule has 1 heterocycles. The van der Waals surface area contributed by atoms with Crippen molar-refractivity contribution in [3.8, 4) is 0 Å². The highest BCUT2D eigenvalue weighted by atomic mass is 35.5. The Hall–Kier alpha value is -3.23. The molecule has 0 radical (unpaired) electrons. The summed E-state index contributed by atoms with van der Waals surface area (Å²) in [4.78, 5) is 38.4. The van der Waals surface area contributed by atoms with Crippen LogP contribution in [0.5, 0.6) is 0 Å². The summed E-state index contributed by atoms with van der Waals surface area (Å²) in [7, 11) is 0. The van der Waals surface area contributed by atoms with Crippen molar-refractivity contribution in [2.75, 3.05) is 19.6 Å². The standard InChI is InChI=1S/C27H31ClFN3O4/c1-18-24(26(34)35)25(20-7-4-8-21(28)16-20)32(27(36)31-18)15-5-14-30-17-23(33)9-3-2-6-19-10-12-22(29)13-11-19/h4,7-8,10-13,16,25,30H,2-3,5-6,9,14-15,17H2,1H3,(H,31,36)(H,34,35). The molecule has 2 aromatic rings. The van der Waals surface area contributed by atoms with Crippen LogP contribution in [0.2, 0.25) is 5.02 Å². The van der Waals surface area contributed by atoms with Crippen molar-refractivity contribution < 1.29 is 23.9 Å². The first-order valence-corrected chi connectivity index (χ1v) is 12.4. The van der Waals surface area contributed by atoms with E-state index in [4.69, 9.17) is 11.6 Å². The Balaban J connectivity index is 1.46. The van der Waals surface area contributed by atoms with E-state index >= 15 is 0 Å². The highest BCUT2D eigenvalue weighted by Crippen LogP contribution is 2.34. The van der Waals surface area contributed by atoms with Crippen molar-refractivity contribution in [2.24, 2.45) is 0 Å². The number of nitrogens with zero attached hydrogens (tertiary/aromatic N) is 1. The third kappa shape index (κ3) is 7.63. The Labute approximate surface area is 215 Å². The molecular weight excluding hydrogens is 485 g/mol. The molecule has 7 nitrogen and oxygen atoms in total. The fraction of sp³-hybridized carbons (Fsp3) is 0.370. The number of rotatable bonds is 13. The van der Waals surface area contributed by atoms with Gasteiger partial charge in [0.1, 0.15) is 11.6 Å². The van der Waals surface area contributed by atoms with Gasteiger partial charge in [-0.25, -0.2) is 14.0 Å². The lowest BCUT2D eigenvalue weighted by atomic mass is 9.93. The fourth-order valence-corrected chi connectivity index (χ4v) is 4.50. The number of hydrogen-bond acceptors (Lipinski definition) is 4. The van der Waals surface area contributed by atoms with Crippen LogP contribution in [0.15, 0.2) is 59.8 Å². The number of carboxylic acid groups (broad SMARTS) is 1. The van der Waals surface area contributed by atoms with E-state index in [0.717, 1.165) is 24.8 Å². The summed E-state index contributed by atoms with van der Waals surface area (Å²) in [5.74, 6) is -1.26. The van der Waals surface area contributed by atoms with E-state index in [9.17, 15) is 23.9 Å². The predicted molar refractivity (Wildman–Crippen MR) is 136 cm³/mol. The van der Waals surface area contributed by atoms with Crippen LogP contribution in [0.1, 0.15) is 49.8 Å². The molecular formula is C27H31ClFN3O4. The SMILES string of the molecule is CC1=C(C(=O)O)C(c2cccc(Cl)c2)N(CCCNCC(=O)CCCCc2ccc(F)cc2)C(=O)N1. The molecule has 2 amide bonds. The lowest BCUT2D eigenvalue weighted by Crippen LogP contribution is -2.49. The zero-order valence-corrected chi connectivity index (χ0v) is 21.0. The predicted octanol–water partition coefficient (Wildman–Crippen LogP) is 4.87. The van der Waals surface area contributed by atoms with E-state index < -0.39 is 12.0 Å². The number of ketones is 1. The zero-order valence-electron chi connectivity index (χ0n) is 20.2. The van der Waals surface area contributed by atoms with Gasteiger partial charge in [-0.2, -0.15) is 0 Å². The molecule has 9 heteroatoms. The number of unbranched alkanes of at least 4 members (excludes halogenated alkanes) is 1. The summed E-state index contributed by atoms with van der Waals surface area (Å²) in [6, 6.07) is 12.1. The summed E-state index contributed by atoms with van der Waals surface area (Å²) in [6.07, 6.45) is 3.42. The van der Waals surface area contributed by atoms with Gasteiger partial charge in [0.15, 0.2) is 0 Å². The van der Waals surface area contributed by atoms with Gasteiger partial charge < -0.3 is 20.6 Å². The number of nitrogens with one attached hydrogen (secondary N) is 2. The van der Waals surface area contributed by atoms with E-state index in [2.05, 4.69) is 10.6 Å². The molecule has 36 heavy (non-hydrogen) atoms. The van der Waals surface area contributed by atoms with E-state index in [-0.39, 0.29) is 29.7 Å². The minimum Gasteiger partial charge on any atom is -0.478 e. The molecule has 0 aliphatic carbocycles. The molecule has 1 atom stereocenters. The number of amides is 2. The lowest BCUT2D eigenvalue weighted by Gasteiger charge is -2.37. The van der Waals surface area contributed by atoms with Gasteiger partial charge in [-0.15, -0.1) is 0 Å². The highest BCUT2D eigenvalue weighted by Gasteiger charge is 2.37. The van der Waals surface area contributed by atoms with Gasteiger partial charge in [-0.3, -0.25) is 4.79 Å². The fourth-order valence-electron chi connectivity index (χ4n) is 4.30. The Kier molecular flexibility index (Phi) is 10.0. The van der Waals surface area contributed by atoms with Crippen LogP contribution in [0, 0.1) is 5.82 Å². The first kappa shape index (κ1) is 27.4. The molecule has 2 aromatic carbocycles. The van der Waals surface area contributed by atoms with E-state index in [1.165, 1.54) is 17.0 Å². The highest BCUT2D eigenvalue weighted by molar-refractivity contribution is 6.30. The van der Waals surface area contributed by atoms with Crippen LogP contribution in [-0.4, -0.2) is 47.4 Å². The Morgan fingerprint density at radius 1 is 1.14 bits per heavy atom. The largest absolute Gasteiger partial charge is 0.478 e. The number of Topliss-reactive ketones (excluding diaryl/α,β-unsaturated/α-hetero) is 1. The summed E-state index contributed by atoms with van der Waals surface area (Å²) in [6.45, 7) is 2.60. The molecule has 3 N–H and O–H groups in total. The number of allylic oxidation sites excluding steroid dienone is 1. The number of urea groups is 1. The lowest BCUT2D eigenvalue weighted by molar-refractivity contribution is -0.133. The summed E-state index contributed by atoms with van der Waals surface area (Å²) in [5, 5.41) is 16.0. The van der Waals surface area contributed by atoms with Crippen LogP contribution < -0.4 is 10.6 Å². The van der Waals surface area contributed by atoms with Gasteiger partial charge in [-0.05, 0) is 74.5 Å². The Morgan fingerprint density at radius 3 is 2.58 bits per heavy atom. The van der Waals surface area contributed by atoms with Gasteiger partial charge in [0.2, 0.25) is 0 Å². The number of carbonyl (C=O) groups excluding carboxylic acids is 2. The number of hydrogen-bond donors (Lipinski definition) is 3. The molecule has 0 saturated heterocycles. The third-order valence-electron chi connectivity index (χ3n) is 6.10.